The molecule has 0 N–H and O–H groups in total. The van der Waals surface area contributed by atoms with Crippen molar-refractivity contribution in [1.29, 1.82) is 0 Å². The topological polar surface area (TPSA) is 38.2 Å². The molecule has 2 aliphatic rings. The van der Waals surface area contributed by atoms with E-state index in [4.69, 9.17) is 4.74 Å². The van der Waals surface area contributed by atoms with Gasteiger partial charge in [0, 0.05) is 36.0 Å². The van der Waals surface area contributed by atoms with Crippen LogP contribution in [0, 0.1) is 5.92 Å². The highest BCUT2D eigenvalue weighted by Gasteiger charge is 2.60. The predicted octanol–water partition coefficient (Wildman–Crippen LogP) is 5.93. The first-order valence-electron chi connectivity index (χ1n) is 11.4. The van der Waals surface area contributed by atoms with Crippen molar-refractivity contribution in [2.45, 2.75) is 29.6 Å². The second-order valence-electron chi connectivity index (χ2n) is 9.02. The van der Waals surface area contributed by atoms with Gasteiger partial charge in [-0.15, -0.1) is 0 Å². The summed E-state index contributed by atoms with van der Waals surface area (Å²) in [7, 11) is 1.65. The van der Waals surface area contributed by atoms with Gasteiger partial charge in [-0.1, -0.05) is 23.9 Å². The van der Waals surface area contributed by atoms with Crippen molar-refractivity contribution in [2.24, 2.45) is 5.92 Å². The normalized spacial score (nSPS) is 21.9. The Morgan fingerprint density at radius 3 is 2.56 bits per heavy atom. The summed E-state index contributed by atoms with van der Waals surface area (Å²) < 4.78 is 43.8. The molecule has 1 unspecified atom stereocenters. The number of piperidine rings is 1. The Morgan fingerprint density at radius 2 is 1.85 bits per heavy atom. The van der Waals surface area contributed by atoms with Gasteiger partial charge in [-0.25, -0.2) is 9.97 Å². The first-order valence-corrected chi connectivity index (χ1v) is 12.4. The quantitative estimate of drug-likeness (QED) is 0.225. The van der Waals surface area contributed by atoms with Gasteiger partial charge in [-0.05, 0) is 73.3 Å². The molecule has 0 radical (unpaired) electrons. The van der Waals surface area contributed by atoms with Crippen LogP contribution in [-0.4, -0.2) is 47.4 Å². The van der Waals surface area contributed by atoms with Gasteiger partial charge in [0.1, 0.15) is 5.75 Å². The Labute approximate surface area is 201 Å². The lowest BCUT2D eigenvalue weighted by Crippen LogP contribution is -2.28. The molecule has 178 valence electrons. The smallest absolute Gasteiger partial charge is 0.416 e. The van der Waals surface area contributed by atoms with Crippen LogP contribution >= 0.6 is 11.8 Å². The molecule has 1 aliphatic carbocycles. The van der Waals surface area contributed by atoms with E-state index in [0.29, 0.717) is 5.92 Å². The van der Waals surface area contributed by atoms with E-state index in [1.807, 2.05) is 30.3 Å². The molecule has 0 amide bonds. The van der Waals surface area contributed by atoms with Crippen LogP contribution in [0.15, 0.2) is 66.0 Å². The van der Waals surface area contributed by atoms with E-state index < -0.39 is 11.7 Å². The Morgan fingerprint density at radius 1 is 1.09 bits per heavy atom. The van der Waals surface area contributed by atoms with Crippen molar-refractivity contribution in [3.63, 3.8) is 0 Å². The number of hydrogen-bond acceptors (Lipinski definition) is 5. The molecule has 4 nitrogen and oxygen atoms in total. The van der Waals surface area contributed by atoms with E-state index in [1.165, 1.54) is 12.1 Å². The Balaban J connectivity index is 1.11. The second-order valence-corrected chi connectivity index (χ2v) is 10.1. The lowest BCUT2D eigenvalue weighted by Gasteiger charge is -2.21. The van der Waals surface area contributed by atoms with Crippen LogP contribution < -0.4 is 4.74 Å². The summed E-state index contributed by atoms with van der Waals surface area (Å²) in [5, 5.41) is 0.763. The number of halogens is 3. The van der Waals surface area contributed by atoms with E-state index in [-0.39, 0.29) is 5.41 Å². The second kappa shape index (κ2) is 9.23. The monoisotopic (exact) mass is 485 g/mol. The van der Waals surface area contributed by atoms with Crippen molar-refractivity contribution in [1.82, 2.24) is 14.9 Å². The highest BCUT2D eigenvalue weighted by Crippen LogP contribution is 2.59. The summed E-state index contributed by atoms with van der Waals surface area (Å²) in [5.41, 5.74) is 2.43. The molecule has 2 aromatic carbocycles. The summed E-state index contributed by atoms with van der Waals surface area (Å²) in [6.07, 6.45) is -0.403. The first-order chi connectivity index (χ1) is 16.4. The number of benzene rings is 2. The zero-order valence-corrected chi connectivity index (χ0v) is 19.7. The molecule has 1 aliphatic heterocycles. The maximum Gasteiger partial charge on any atom is 0.416 e. The summed E-state index contributed by atoms with van der Waals surface area (Å²) in [6.45, 7) is 2.93. The zero-order chi connectivity index (χ0) is 23.8. The Kier molecular flexibility index (Phi) is 6.29. The number of hydrogen-bond donors (Lipinski definition) is 0. The molecule has 1 saturated heterocycles. The summed E-state index contributed by atoms with van der Waals surface area (Å²) in [5.74, 6) is 2.29. The van der Waals surface area contributed by atoms with Gasteiger partial charge >= 0.3 is 6.18 Å². The standard InChI is InChI=1S/C26H26F3N3OS/c1-33-22-9-3-18(4-10-22)23-11-12-30-24(31-23)34-14-2-13-32-16-21-15-25(21,17-32)19-5-7-20(8-6-19)26(27,28)29/h3-12,21H,2,13-17H2,1H3/t21?,25-/m1/s1. The molecule has 2 fully saturated rings. The predicted molar refractivity (Wildman–Crippen MR) is 127 cm³/mol. The minimum Gasteiger partial charge on any atom is -0.497 e. The molecule has 34 heavy (non-hydrogen) atoms. The fourth-order valence-electron chi connectivity index (χ4n) is 4.98. The van der Waals surface area contributed by atoms with E-state index in [9.17, 15) is 13.2 Å². The molecule has 2 atom stereocenters. The van der Waals surface area contributed by atoms with Crippen molar-refractivity contribution in [3.05, 3.63) is 71.9 Å². The van der Waals surface area contributed by atoms with Crippen LogP contribution in [0.5, 0.6) is 5.75 Å². The van der Waals surface area contributed by atoms with Crippen molar-refractivity contribution < 1.29 is 17.9 Å². The molecular weight excluding hydrogens is 459 g/mol. The van der Waals surface area contributed by atoms with Gasteiger partial charge in [-0.2, -0.15) is 13.2 Å². The van der Waals surface area contributed by atoms with E-state index >= 15 is 0 Å². The highest BCUT2D eigenvalue weighted by molar-refractivity contribution is 7.99. The van der Waals surface area contributed by atoms with Crippen LogP contribution in [0.3, 0.4) is 0 Å². The summed E-state index contributed by atoms with van der Waals surface area (Å²) in [6, 6.07) is 15.5. The van der Waals surface area contributed by atoms with Crippen LogP contribution in [0.4, 0.5) is 13.2 Å². The molecule has 2 heterocycles. The zero-order valence-electron chi connectivity index (χ0n) is 18.9. The van der Waals surface area contributed by atoms with Crippen molar-refractivity contribution >= 4 is 11.8 Å². The molecule has 1 saturated carbocycles. The maximum absolute atomic E-state index is 12.9. The highest BCUT2D eigenvalue weighted by atomic mass is 32.2. The Hall–Kier alpha value is -2.58. The number of nitrogens with zero attached hydrogens (tertiary/aromatic N) is 3. The third-order valence-corrected chi connectivity index (χ3v) is 7.82. The van der Waals surface area contributed by atoms with Gasteiger partial charge in [0.2, 0.25) is 0 Å². The van der Waals surface area contributed by atoms with Gasteiger partial charge in [0.15, 0.2) is 5.16 Å². The number of aromatic nitrogens is 2. The fraction of sp³-hybridized carbons (Fsp3) is 0.385. The third-order valence-electron chi connectivity index (χ3n) is 6.87. The largest absolute Gasteiger partial charge is 0.497 e. The van der Waals surface area contributed by atoms with Crippen LogP contribution in [-0.2, 0) is 11.6 Å². The van der Waals surface area contributed by atoms with Gasteiger partial charge in [-0.3, -0.25) is 0 Å². The number of thioether (sulfide) groups is 1. The summed E-state index contributed by atoms with van der Waals surface area (Å²) >= 11 is 1.65. The molecule has 5 rings (SSSR count). The molecule has 8 heteroatoms. The van der Waals surface area contributed by atoms with Crippen LogP contribution in [0.1, 0.15) is 24.0 Å². The number of rotatable bonds is 8. The minimum absolute atomic E-state index is 0.0487. The molecule has 3 aromatic rings. The van der Waals surface area contributed by atoms with Gasteiger partial charge < -0.3 is 9.64 Å². The number of likely N-dealkylation sites (tertiary alicyclic amines) is 1. The fourth-order valence-corrected chi connectivity index (χ4v) is 5.73. The number of alkyl halides is 3. The van der Waals surface area contributed by atoms with E-state index in [0.717, 1.165) is 66.0 Å². The average molecular weight is 486 g/mol. The minimum atomic E-state index is -4.28. The average Bonchev–Trinajstić information content (AvgIpc) is 3.42. The summed E-state index contributed by atoms with van der Waals surface area (Å²) in [4.78, 5) is 11.5. The van der Waals surface area contributed by atoms with Gasteiger partial charge in [0.05, 0.1) is 18.4 Å². The van der Waals surface area contributed by atoms with E-state index in [1.54, 1.807) is 37.2 Å². The SMILES string of the molecule is COc1ccc(-c2ccnc(SCCCN3CC4C[C@]4(c4ccc(C(F)(F)F)cc4)C3)n2)cc1. The molecular formula is C26H26F3N3OS. The van der Waals surface area contributed by atoms with Crippen LogP contribution in [0.2, 0.25) is 0 Å². The van der Waals surface area contributed by atoms with Gasteiger partial charge in [0.25, 0.3) is 0 Å². The van der Waals surface area contributed by atoms with E-state index in [2.05, 4.69) is 14.9 Å². The Bertz CT molecular complexity index is 1140. The number of methoxy groups -OCH3 is 1. The maximum atomic E-state index is 12.9. The van der Waals surface area contributed by atoms with Crippen LogP contribution in [0.25, 0.3) is 11.3 Å². The number of ether oxygens (including phenoxy) is 1. The third kappa shape index (κ3) is 4.79. The molecule has 0 spiro atoms. The number of fused-ring (bicyclic) bond motifs is 1. The molecule has 0 bridgehead atoms. The van der Waals surface area contributed by atoms with Crippen molar-refractivity contribution in [3.8, 4) is 17.0 Å². The lowest BCUT2D eigenvalue weighted by molar-refractivity contribution is -0.137. The van der Waals surface area contributed by atoms with Crippen molar-refractivity contribution in [2.75, 3.05) is 32.5 Å². The molecule has 1 aromatic heterocycles. The first kappa shape index (κ1) is 23.2. The lowest BCUT2D eigenvalue weighted by atomic mass is 9.94.